The second kappa shape index (κ2) is 7.39. The van der Waals surface area contributed by atoms with Crippen LogP contribution in [-0.4, -0.2) is 38.8 Å². The van der Waals surface area contributed by atoms with Crippen LogP contribution in [-0.2, 0) is 6.18 Å². The van der Waals surface area contributed by atoms with E-state index in [1.54, 1.807) is 0 Å². The number of pyridine rings is 1. The molecule has 7 nitrogen and oxygen atoms in total. The van der Waals surface area contributed by atoms with Crippen molar-refractivity contribution < 1.29 is 18.0 Å². The first-order chi connectivity index (χ1) is 12.8. The first kappa shape index (κ1) is 18.9. The molecule has 0 fully saturated rings. The minimum atomic E-state index is -4.68. The number of halogens is 4. The van der Waals surface area contributed by atoms with E-state index in [1.807, 2.05) is 0 Å². The normalized spacial score (nSPS) is 15.0. The molecule has 27 heavy (non-hydrogen) atoms. The summed E-state index contributed by atoms with van der Waals surface area (Å²) in [5, 5.41) is 2.30. The molecule has 0 unspecified atom stereocenters. The molecule has 3 N–H and O–H groups in total. The van der Waals surface area contributed by atoms with Gasteiger partial charge in [0.25, 0.3) is 5.91 Å². The van der Waals surface area contributed by atoms with Crippen molar-refractivity contribution in [1.29, 1.82) is 0 Å². The van der Waals surface area contributed by atoms with Crippen molar-refractivity contribution >= 4 is 23.3 Å². The average molecular weight is 399 g/mol. The molecule has 1 aliphatic heterocycles. The lowest BCUT2D eigenvalue weighted by atomic mass is 10.1. The molecule has 2 aromatic rings. The van der Waals surface area contributed by atoms with Gasteiger partial charge in [-0.3, -0.25) is 9.78 Å². The summed E-state index contributed by atoms with van der Waals surface area (Å²) in [6, 6.07) is 0.729. The summed E-state index contributed by atoms with van der Waals surface area (Å²) in [5.41, 5.74) is 5.49. The molecular weight excluding hydrogens is 385 g/mol. The van der Waals surface area contributed by atoms with Crippen LogP contribution in [0.15, 0.2) is 42.2 Å². The van der Waals surface area contributed by atoms with Crippen molar-refractivity contribution in [2.45, 2.75) is 12.6 Å². The number of nitrogens with zero attached hydrogens (tertiary/aromatic N) is 4. The SMILES string of the molecule is NC1=C(Nc2cnccn2)CCN(C(=O)c2nccc(C(F)(F)F)c2Cl)C1. The largest absolute Gasteiger partial charge is 0.417 e. The molecule has 0 saturated carbocycles. The number of carbonyl (C=O) groups excluding carboxylic acids is 1. The lowest BCUT2D eigenvalue weighted by Gasteiger charge is -2.29. The van der Waals surface area contributed by atoms with E-state index in [1.165, 1.54) is 23.5 Å². The average Bonchev–Trinajstić information content (AvgIpc) is 2.63. The molecule has 3 rings (SSSR count). The molecule has 0 bridgehead atoms. The second-order valence-electron chi connectivity index (χ2n) is 5.72. The van der Waals surface area contributed by atoms with Gasteiger partial charge in [0, 0.05) is 43.0 Å². The minimum absolute atomic E-state index is 0.0235. The number of hydrogen-bond donors (Lipinski definition) is 2. The molecule has 3 heterocycles. The predicted octanol–water partition coefficient (Wildman–Crippen LogP) is 2.67. The Labute approximate surface area is 157 Å². The zero-order chi connectivity index (χ0) is 19.6. The van der Waals surface area contributed by atoms with E-state index < -0.39 is 28.4 Å². The van der Waals surface area contributed by atoms with Gasteiger partial charge < -0.3 is 16.0 Å². The number of carbonyl (C=O) groups is 1. The Morgan fingerprint density at radius 3 is 2.67 bits per heavy atom. The Morgan fingerprint density at radius 2 is 2.04 bits per heavy atom. The maximum Gasteiger partial charge on any atom is 0.417 e. The van der Waals surface area contributed by atoms with Gasteiger partial charge in [0.05, 0.1) is 23.3 Å². The van der Waals surface area contributed by atoms with Gasteiger partial charge in [0.2, 0.25) is 0 Å². The van der Waals surface area contributed by atoms with Gasteiger partial charge in [0.1, 0.15) is 11.5 Å². The minimum Gasteiger partial charge on any atom is -0.399 e. The number of anilines is 1. The quantitative estimate of drug-likeness (QED) is 0.825. The lowest BCUT2D eigenvalue weighted by Crippen LogP contribution is -2.40. The van der Waals surface area contributed by atoms with E-state index in [2.05, 4.69) is 20.3 Å². The van der Waals surface area contributed by atoms with E-state index in [0.717, 1.165) is 12.3 Å². The van der Waals surface area contributed by atoms with Gasteiger partial charge in [-0.1, -0.05) is 11.6 Å². The van der Waals surface area contributed by atoms with Gasteiger partial charge in [-0.05, 0) is 6.07 Å². The Morgan fingerprint density at radius 1 is 1.26 bits per heavy atom. The van der Waals surface area contributed by atoms with Crippen LogP contribution in [0.25, 0.3) is 0 Å². The maximum absolute atomic E-state index is 13.0. The van der Waals surface area contributed by atoms with E-state index in [-0.39, 0.29) is 13.1 Å². The van der Waals surface area contributed by atoms with Crippen molar-refractivity contribution in [3.63, 3.8) is 0 Å². The van der Waals surface area contributed by atoms with E-state index >= 15 is 0 Å². The zero-order valence-corrected chi connectivity index (χ0v) is 14.6. The number of amides is 1. The summed E-state index contributed by atoms with van der Waals surface area (Å²) in [7, 11) is 0. The third-order valence-electron chi connectivity index (χ3n) is 3.91. The highest BCUT2D eigenvalue weighted by Gasteiger charge is 2.36. The van der Waals surface area contributed by atoms with E-state index in [0.29, 0.717) is 23.6 Å². The number of nitrogens with two attached hydrogens (primary N) is 1. The highest BCUT2D eigenvalue weighted by Crippen LogP contribution is 2.36. The fourth-order valence-corrected chi connectivity index (χ4v) is 2.88. The van der Waals surface area contributed by atoms with Gasteiger partial charge in [-0.25, -0.2) is 9.97 Å². The van der Waals surface area contributed by atoms with Gasteiger partial charge in [0.15, 0.2) is 0 Å². The van der Waals surface area contributed by atoms with Crippen LogP contribution in [0.2, 0.25) is 5.02 Å². The summed E-state index contributed by atoms with van der Waals surface area (Å²) in [5.74, 6) is -0.217. The number of alkyl halides is 3. The summed E-state index contributed by atoms with van der Waals surface area (Å²) in [6.07, 6.45) is 1.15. The van der Waals surface area contributed by atoms with Gasteiger partial charge in [-0.15, -0.1) is 0 Å². The van der Waals surface area contributed by atoms with Crippen molar-refractivity contribution in [2.24, 2.45) is 5.73 Å². The molecular formula is C16H14ClF3N6O. The fourth-order valence-electron chi connectivity index (χ4n) is 2.58. The Balaban J connectivity index is 1.79. The van der Waals surface area contributed by atoms with Gasteiger partial charge in [-0.2, -0.15) is 13.2 Å². The molecule has 0 aromatic carbocycles. The Bertz CT molecular complexity index is 887. The molecule has 0 saturated heterocycles. The summed E-state index contributed by atoms with van der Waals surface area (Å²) in [4.78, 5) is 25.6. The Hall–Kier alpha value is -2.88. The maximum atomic E-state index is 13.0. The summed E-state index contributed by atoms with van der Waals surface area (Å²) >= 11 is 5.78. The van der Waals surface area contributed by atoms with Crippen LogP contribution in [0.4, 0.5) is 19.0 Å². The van der Waals surface area contributed by atoms with Crippen LogP contribution >= 0.6 is 11.6 Å². The number of aromatic nitrogens is 3. The summed E-state index contributed by atoms with van der Waals surface area (Å²) < 4.78 is 38.9. The molecule has 0 radical (unpaired) electrons. The molecule has 0 atom stereocenters. The second-order valence-corrected chi connectivity index (χ2v) is 6.09. The molecule has 11 heteroatoms. The molecule has 0 spiro atoms. The predicted molar refractivity (Wildman–Crippen MR) is 91.6 cm³/mol. The monoisotopic (exact) mass is 398 g/mol. The molecule has 2 aromatic heterocycles. The molecule has 0 aliphatic carbocycles. The molecule has 1 aliphatic rings. The van der Waals surface area contributed by atoms with Crippen LogP contribution in [0, 0.1) is 0 Å². The first-order valence-electron chi connectivity index (χ1n) is 7.79. The molecule has 142 valence electrons. The summed E-state index contributed by atoms with van der Waals surface area (Å²) in [6.45, 7) is 0.256. The van der Waals surface area contributed by atoms with Crippen molar-refractivity contribution in [3.05, 3.63) is 58.5 Å². The van der Waals surface area contributed by atoms with Crippen molar-refractivity contribution in [3.8, 4) is 0 Å². The first-order valence-corrected chi connectivity index (χ1v) is 8.16. The highest BCUT2D eigenvalue weighted by molar-refractivity contribution is 6.34. The van der Waals surface area contributed by atoms with Crippen LogP contribution in [0.3, 0.4) is 0 Å². The number of nitrogens with one attached hydrogen (secondary N) is 1. The molecule has 1 amide bonds. The van der Waals surface area contributed by atoms with E-state index in [4.69, 9.17) is 17.3 Å². The number of rotatable bonds is 3. The van der Waals surface area contributed by atoms with Crippen LogP contribution in [0.1, 0.15) is 22.5 Å². The zero-order valence-electron chi connectivity index (χ0n) is 13.8. The lowest BCUT2D eigenvalue weighted by molar-refractivity contribution is -0.137. The van der Waals surface area contributed by atoms with Crippen molar-refractivity contribution in [1.82, 2.24) is 19.9 Å². The fraction of sp³-hybridized carbons (Fsp3) is 0.250. The third kappa shape index (κ3) is 4.11. The third-order valence-corrected chi connectivity index (χ3v) is 4.29. The van der Waals surface area contributed by atoms with Crippen LogP contribution in [0.5, 0.6) is 0 Å². The topological polar surface area (TPSA) is 97.0 Å². The van der Waals surface area contributed by atoms with E-state index in [9.17, 15) is 18.0 Å². The van der Waals surface area contributed by atoms with Crippen LogP contribution < -0.4 is 11.1 Å². The number of hydrogen-bond acceptors (Lipinski definition) is 6. The Kier molecular flexibility index (Phi) is 5.17. The standard InChI is InChI=1S/C16H14ClF3N6O/c17-13-9(16(18,19)20)1-3-24-14(13)15(27)26-6-2-11(10(21)8-26)25-12-7-22-4-5-23-12/h1,3-5,7H,2,6,8,21H2,(H,23,25). The highest BCUT2D eigenvalue weighted by atomic mass is 35.5. The smallest absolute Gasteiger partial charge is 0.399 e. The van der Waals surface area contributed by atoms with Gasteiger partial charge >= 0.3 is 6.18 Å². The van der Waals surface area contributed by atoms with Crippen molar-refractivity contribution in [2.75, 3.05) is 18.4 Å².